The predicted molar refractivity (Wildman–Crippen MR) is 81.6 cm³/mol. The highest BCUT2D eigenvalue weighted by Crippen LogP contribution is 2.01. The zero-order chi connectivity index (χ0) is 14.6. The molecule has 0 aliphatic carbocycles. The van der Waals surface area contributed by atoms with E-state index in [9.17, 15) is 9.59 Å². The smallest absolute Gasteiger partial charge is 0.407 e. The zero-order valence-electron chi connectivity index (χ0n) is 11.9. The van der Waals surface area contributed by atoms with Crippen molar-refractivity contribution in [1.82, 2.24) is 10.6 Å². The van der Waals surface area contributed by atoms with Gasteiger partial charge in [-0.05, 0) is 25.3 Å². The van der Waals surface area contributed by atoms with Crippen LogP contribution in [0.2, 0.25) is 0 Å². The molecule has 20 heavy (non-hydrogen) atoms. The van der Waals surface area contributed by atoms with Gasteiger partial charge in [-0.25, -0.2) is 4.79 Å². The Morgan fingerprint density at radius 3 is 2.60 bits per heavy atom. The standard InChI is InChI=1S/C15H22N2O3.2H2/c1-2-20-15(19)17-12-10-14(18)16-11-6-9-13-7-4-3-5-8-13;;/h3-5,7-8H,2,6,9-12H2,1H3,(H,16,18)(H,17,19);2*1H. The van der Waals surface area contributed by atoms with E-state index in [1.807, 2.05) is 18.2 Å². The molecule has 0 radical (unpaired) electrons. The molecule has 0 bridgehead atoms. The lowest BCUT2D eigenvalue weighted by molar-refractivity contribution is -0.120. The minimum Gasteiger partial charge on any atom is -0.450 e. The first-order chi connectivity index (χ1) is 9.72. The van der Waals surface area contributed by atoms with Gasteiger partial charge in [0.2, 0.25) is 5.91 Å². The van der Waals surface area contributed by atoms with E-state index in [1.54, 1.807) is 6.92 Å². The molecule has 5 heteroatoms. The van der Waals surface area contributed by atoms with Crippen LogP contribution in [0.4, 0.5) is 4.79 Å². The summed E-state index contributed by atoms with van der Waals surface area (Å²) in [5, 5.41) is 5.34. The van der Waals surface area contributed by atoms with E-state index in [-0.39, 0.29) is 15.2 Å². The van der Waals surface area contributed by atoms with E-state index in [0.717, 1.165) is 12.8 Å². The summed E-state index contributed by atoms with van der Waals surface area (Å²) in [5.74, 6) is -0.0603. The van der Waals surface area contributed by atoms with Gasteiger partial charge in [0, 0.05) is 22.4 Å². The summed E-state index contributed by atoms with van der Waals surface area (Å²) in [6, 6.07) is 10.2. The molecular formula is C15H26N2O3. The van der Waals surface area contributed by atoms with E-state index in [1.165, 1.54) is 5.56 Å². The number of carbonyl (C=O) groups excluding carboxylic acids is 2. The Morgan fingerprint density at radius 1 is 1.15 bits per heavy atom. The summed E-state index contributed by atoms with van der Waals surface area (Å²) in [6.07, 6.45) is 1.64. The fraction of sp³-hybridized carbons (Fsp3) is 0.467. The number of nitrogens with one attached hydrogen (secondary N) is 2. The molecule has 0 heterocycles. The molecule has 114 valence electrons. The maximum Gasteiger partial charge on any atom is 0.407 e. The van der Waals surface area contributed by atoms with E-state index in [2.05, 4.69) is 27.5 Å². The van der Waals surface area contributed by atoms with Gasteiger partial charge in [0.05, 0.1) is 6.61 Å². The Bertz CT molecular complexity index is 417. The Balaban J connectivity index is 0. The molecule has 0 aliphatic rings. The maximum absolute atomic E-state index is 11.5. The Hall–Kier alpha value is -2.04. The molecule has 0 atom stereocenters. The van der Waals surface area contributed by atoms with Gasteiger partial charge in [-0.2, -0.15) is 0 Å². The first-order valence-electron chi connectivity index (χ1n) is 6.93. The van der Waals surface area contributed by atoms with Gasteiger partial charge in [-0.1, -0.05) is 30.3 Å². The molecule has 2 N–H and O–H groups in total. The normalized spacial score (nSPS) is 9.85. The van der Waals surface area contributed by atoms with Crippen LogP contribution in [0.15, 0.2) is 30.3 Å². The molecule has 0 saturated heterocycles. The van der Waals surface area contributed by atoms with E-state index in [0.29, 0.717) is 19.7 Å². The van der Waals surface area contributed by atoms with Crippen LogP contribution < -0.4 is 10.6 Å². The van der Waals surface area contributed by atoms with E-state index in [4.69, 9.17) is 0 Å². The SMILES string of the molecule is CCOC(=O)NCCC(=O)NCCCc1ccccc1.[HH].[HH]. The van der Waals surface area contributed by atoms with Gasteiger partial charge < -0.3 is 15.4 Å². The van der Waals surface area contributed by atoms with Gasteiger partial charge in [0.25, 0.3) is 0 Å². The number of benzene rings is 1. The summed E-state index contributed by atoms with van der Waals surface area (Å²) in [4.78, 5) is 22.5. The molecule has 1 aromatic rings. The number of alkyl carbamates (subject to hydrolysis) is 1. The molecule has 0 fully saturated rings. The second kappa shape index (κ2) is 9.83. The molecule has 0 aromatic heterocycles. The number of amides is 2. The molecule has 0 spiro atoms. The summed E-state index contributed by atoms with van der Waals surface area (Å²) < 4.78 is 4.69. The van der Waals surface area contributed by atoms with Crippen molar-refractivity contribution in [3.63, 3.8) is 0 Å². The van der Waals surface area contributed by atoms with Crippen LogP contribution in [0.5, 0.6) is 0 Å². The van der Waals surface area contributed by atoms with Crippen LogP contribution in [0.3, 0.4) is 0 Å². The van der Waals surface area contributed by atoms with Crippen molar-refractivity contribution < 1.29 is 17.2 Å². The summed E-state index contributed by atoms with van der Waals surface area (Å²) in [7, 11) is 0. The van der Waals surface area contributed by atoms with Gasteiger partial charge in [0.15, 0.2) is 0 Å². The third-order valence-electron chi connectivity index (χ3n) is 2.70. The summed E-state index contributed by atoms with van der Waals surface area (Å²) >= 11 is 0. The average molecular weight is 282 g/mol. The zero-order valence-corrected chi connectivity index (χ0v) is 11.9. The molecule has 0 saturated carbocycles. The van der Waals surface area contributed by atoms with Crippen molar-refractivity contribution >= 4 is 12.0 Å². The van der Waals surface area contributed by atoms with Crippen molar-refractivity contribution in [2.24, 2.45) is 0 Å². The highest BCUT2D eigenvalue weighted by atomic mass is 16.5. The van der Waals surface area contributed by atoms with Crippen LogP contribution in [0.1, 0.15) is 28.2 Å². The molecule has 2 amide bonds. The van der Waals surface area contributed by atoms with Crippen LogP contribution in [0, 0.1) is 0 Å². The maximum atomic E-state index is 11.5. The Labute approximate surface area is 122 Å². The second-order valence-electron chi connectivity index (χ2n) is 4.34. The molecular weight excluding hydrogens is 256 g/mol. The summed E-state index contributed by atoms with van der Waals surface area (Å²) in [6.45, 7) is 3.01. The van der Waals surface area contributed by atoms with Gasteiger partial charge in [0.1, 0.15) is 0 Å². The lowest BCUT2D eigenvalue weighted by Gasteiger charge is -2.06. The largest absolute Gasteiger partial charge is 0.450 e. The third kappa shape index (κ3) is 7.41. The van der Waals surface area contributed by atoms with Crippen LogP contribution in [0.25, 0.3) is 0 Å². The topological polar surface area (TPSA) is 67.4 Å². The quantitative estimate of drug-likeness (QED) is 0.719. The van der Waals surface area contributed by atoms with Crippen molar-refractivity contribution in [3.8, 4) is 0 Å². The van der Waals surface area contributed by atoms with Crippen molar-refractivity contribution in [1.29, 1.82) is 0 Å². The average Bonchev–Trinajstić information content (AvgIpc) is 2.45. The molecule has 0 aliphatic heterocycles. The number of aryl methyl sites for hydroxylation is 1. The first-order valence-corrected chi connectivity index (χ1v) is 6.93. The minimum atomic E-state index is -0.482. The highest BCUT2D eigenvalue weighted by Gasteiger charge is 2.03. The fourth-order valence-electron chi connectivity index (χ4n) is 1.71. The third-order valence-corrected chi connectivity index (χ3v) is 2.70. The van der Waals surface area contributed by atoms with E-state index >= 15 is 0 Å². The lowest BCUT2D eigenvalue weighted by atomic mass is 10.1. The first kappa shape index (κ1) is 16.0. The number of hydrogen-bond donors (Lipinski definition) is 2. The predicted octanol–water partition coefficient (Wildman–Crippen LogP) is 2.36. The summed E-state index contributed by atoms with van der Waals surface area (Å²) in [5.41, 5.74) is 1.27. The van der Waals surface area contributed by atoms with E-state index < -0.39 is 6.09 Å². The highest BCUT2D eigenvalue weighted by molar-refractivity contribution is 5.76. The Kier molecular flexibility index (Phi) is 7.87. The lowest BCUT2D eigenvalue weighted by Crippen LogP contribution is -2.31. The Morgan fingerprint density at radius 2 is 1.90 bits per heavy atom. The van der Waals surface area contributed by atoms with Crippen molar-refractivity contribution in [2.75, 3.05) is 19.7 Å². The van der Waals surface area contributed by atoms with Crippen LogP contribution >= 0.6 is 0 Å². The van der Waals surface area contributed by atoms with Crippen LogP contribution in [-0.4, -0.2) is 31.7 Å². The molecule has 1 aromatic carbocycles. The number of carbonyl (C=O) groups is 2. The van der Waals surface area contributed by atoms with Crippen LogP contribution in [-0.2, 0) is 16.0 Å². The number of rotatable bonds is 8. The minimum absolute atomic E-state index is 0. The number of hydrogen-bond acceptors (Lipinski definition) is 3. The van der Waals surface area contributed by atoms with Gasteiger partial charge in [-0.3, -0.25) is 4.79 Å². The number of ether oxygens (including phenoxy) is 1. The molecule has 0 unspecified atom stereocenters. The molecule has 5 nitrogen and oxygen atoms in total. The van der Waals surface area contributed by atoms with Crippen molar-refractivity contribution in [3.05, 3.63) is 35.9 Å². The van der Waals surface area contributed by atoms with Crippen molar-refractivity contribution in [2.45, 2.75) is 26.2 Å². The molecule has 1 rings (SSSR count). The van der Waals surface area contributed by atoms with Gasteiger partial charge in [-0.15, -0.1) is 0 Å². The monoisotopic (exact) mass is 282 g/mol. The van der Waals surface area contributed by atoms with Gasteiger partial charge >= 0.3 is 6.09 Å². The second-order valence-corrected chi connectivity index (χ2v) is 4.34. The fourth-order valence-corrected chi connectivity index (χ4v) is 1.71.